The van der Waals surface area contributed by atoms with E-state index in [-0.39, 0.29) is 24.1 Å². The van der Waals surface area contributed by atoms with Crippen molar-refractivity contribution >= 4 is 11.6 Å². The first-order chi connectivity index (χ1) is 9.06. The van der Waals surface area contributed by atoms with E-state index in [1.807, 2.05) is 6.92 Å². The van der Waals surface area contributed by atoms with Crippen molar-refractivity contribution in [2.45, 2.75) is 26.7 Å². The van der Waals surface area contributed by atoms with E-state index in [4.69, 9.17) is 5.11 Å². The Labute approximate surface area is 113 Å². The molecule has 19 heavy (non-hydrogen) atoms. The second-order valence-electron chi connectivity index (χ2n) is 5.13. The summed E-state index contributed by atoms with van der Waals surface area (Å²) in [4.78, 5) is 24.6. The Balaban J connectivity index is 2.32. The summed E-state index contributed by atoms with van der Waals surface area (Å²) >= 11 is 0. The largest absolute Gasteiger partial charge is 0.396 e. The summed E-state index contributed by atoms with van der Waals surface area (Å²) in [6, 6.07) is 6.96. The van der Waals surface area contributed by atoms with Gasteiger partial charge in [0, 0.05) is 28.9 Å². The summed E-state index contributed by atoms with van der Waals surface area (Å²) in [5.41, 5.74) is 2.16. The Morgan fingerprint density at radius 1 is 1.11 bits per heavy atom. The van der Waals surface area contributed by atoms with Crippen LogP contribution in [0, 0.1) is 5.92 Å². The molecule has 1 N–H and O–H groups in total. The van der Waals surface area contributed by atoms with Gasteiger partial charge in [-0.2, -0.15) is 0 Å². The van der Waals surface area contributed by atoms with Gasteiger partial charge in [-0.05, 0) is 25.7 Å². The molecule has 1 aliphatic rings. The van der Waals surface area contributed by atoms with Crippen molar-refractivity contribution in [3.63, 3.8) is 0 Å². The summed E-state index contributed by atoms with van der Waals surface area (Å²) in [5.74, 6) is 0.0417. The molecule has 0 aliphatic heterocycles. The second-order valence-corrected chi connectivity index (χ2v) is 5.13. The minimum absolute atomic E-state index is 0.0437. The molecule has 0 saturated heterocycles. The van der Waals surface area contributed by atoms with Gasteiger partial charge in [-0.3, -0.25) is 9.59 Å². The highest BCUT2D eigenvalue weighted by Gasteiger charge is 2.29. The fourth-order valence-corrected chi connectivity index (χ4v) is 2.33. The molecule has 0 fully saturated rings. The van der Waals surface area contributed by atoms with Crippen LogP contribution in [0.3, 0.4) is 0 Å². The van der Waals surface area contributed by atoms with Gasteiger partial charge >= 0.3 is 0 Å². The maximum absolute atomic E-state index is 12.4. The van der Waals surface area contributed by atoms with Gasteiger partial charge in [-0.15, -0.1) is 0 Å². The van der Waals surface area contributed by atoms with Crippen molar-refractivity contribution in [3.05, 3.63) is 46.5 Å². The molecule has 0 heterocycles. The molecule has 2 rings (SSSR count). The minimum atomic E-state index is -0.0538. The number of benzene rings is 1. The van der Waals surface area contributed by atoms with E-state index in [0.717, 1.165) is 0 Å². The molecule has 3 heteroatoms. The third-order valence-corrected chi connectivity index (χ3v) is 3.68. The van der Waals surface area contributed by atoms with Crippen LogP contribution in [0.15, 0.2) is 35.4 Å². The molecule has 1 aromatic rings. The van der Waals surface area contributed by atoms with E-state index >= 15 is 0 Å². The Morgan fingerprint density at radius 3 is 2.26 bits per heavy atom. The van der Waals surface area contributed by atoms with E-state index in [2.05, 4.69) is 0 Å². The number of Topliss-reactive ketones (excluding diaryl/α,β-unsaturated/α-hetero) is 2. The van der Waals surface area contributed by atoms with Gasteiger partial charge in [0.05, 0.1) is 0 Å². The smallest absolute Gasteiger partial charge is 0.190 e. The van der Waals surface area contributed by atoms with Crippen LogP contribution in [0.25, 0.3) is 0 Å². The third-order valence-electron chi connectivity index (χ3n) is 3.68. The molecule has 1 aromatic carbocycles. The molecule has 0 aromatic heterocycles. The van der Waals surface area contributed by atoms with Gasteiger partial charge in [-0.1, -0.05) is 31.2 Å². The Kier molecular flexibility index (Phi) is 3.96. The van der Waals surface area contributed by atoms with Crippen molar-refractivity contribution in [2.75, 3.05) is 6.61 Å². The lowest BCUT2D eigenvalue weighted by Crippen LogP contribution is -2.21. The molecule has 0 saturated carbocycles. The molecule has 3 nitrogen and oxygen atoms in total. The molecule has 0 amide bonds. The topological polar surface area (TPSA) is 54.4 Å². The molecule has 0 radical (unpaired) electrons. The summed E-state index contributed by atoms with van der Waals surface area (Å²) in [6.07, 6.45) is 1.26. The first-order valence-corrected chi connectivity index (χ1v) is 6.55. The van der Waals surface area contributed by atoms with Crippen LogP contribution in [0.2, 0.25) is 0 Å². The van der Waals surface area contributed by atoms with Crippen LogP contribution in [-0.2, 0) is 0 Å². The van der Waals surface area contributed by atoms with E-state index in [1.165, 1.54) is 0 Å². The summed E-state index contributed by atoms with van der Waals surface area (Å²) in [7, 11) is 0. The number of carbonyl (C=O) groups is 2. The van der Waals surface area contributed by atoms with E-state index in [0.29, 0.717) is 35.1 Å². The van der Waals surface area contributed by atoms with E-state index in [9.17, 15) is 9.59 Å². The maximum Gasteiger partial charge on any atom is 0.190 e. The number of rotatable bonds is 4. The monoisotopic (exact) mass is 258 g/mol. The molecule has 1 unspecified atom stereocenters. The van der Waals surface area contributed by atoms with Gasteiger partial charge in [0.25, 0.3) is 0 Å². The first kappa shape index (κ1) is 13.7. The Hall–Kier alpha value is -1.74. The van der Waals surface area contributed by atoms with Crippen LogP contribution in [-0.4, -0.2) is 23.3 Å². The second kappa shape index (κ2) is 5.49. The first-order valence-electron chi connectivity index (χ1n) is 6.55. The molecule has 100 valence electrons. The van der Waals surface area contributed by atoms with Crippen LogP contribution < -0.4 is 0 Å². The van der Waals surface area contributed by atoms with Gasteiger partial charge in [0.2, 0.25) is 0 Å². The average Bonchev–Trinajstić information content (AvgIpc) is 2.44. The van der Waals surface area contributed by atoms with Crippen molar-refractivity contribution in [1.29, 1.82) is 0 Å². The van der Waals surface area contributed by atoms with Crippen LogP contribution >= 0.6 is 0 Å². The van der Waals surface area contributed by atoms with Crippen molar-refractivity contribution in [1.82, 2.24) is 0 Å². The molecule has 1 aliphatic carbocycles. The predicted molar refractivity (Wildman–Crippen MR) is 73.3 cm³/mol. The quantitative estimate of drug-likeness (QED) is 0.903. The molecule has 0 bridgehead atoms. The number of fused-ring (bicyclic) bond motifs is 1. The van der Waals surface area contributed by atoms with Crippen LogP contribution in [0.4, 0.5) is 0 Å². The zero-order valence-electron chi connectivity index (χ0n) is 11.3. The number of hydrogen-bond donors (Lipinski definition) is 1. The average molecular weight is 258 g/mol. The maximum atomic E-state index is 12.4. The Morgan fingerprint density at radius 2 is 1.68 bits per heavy atom. The van der Waals surface area contributed by atoms with Gasteiger partial charge in [0.1, 0.15) is 0 Å². The summed E-state index contributed by atoms with van der Waals surface area (Å²) < 4.78 is 0. The van der Waals surface area contributed by atoms with Crippen LogP contribution in [0.5, 0.6) is 0 Å². The number of aliphatic hydroxyl groups excluding tert-OH is 1. The highest BCUT2D eigenvalue weighted by Crippen LogP contribution is 2.29. The van der Waals surface area contributed by atoms with Crippen LogP contribution in [0.1, 0.15) is 47.4 Å². The fourth-order valence-electron chi connectivity index (χ4n) is 2.33. The molecule has 0 spiro atoms. The zero-order valence-corrected chi connectivity index (χ0v) is 11.3. The Bertz CT molecular complexity index is 555. The normalized spacial score (nSPS) is 16.6. The highest BCUT2D eigenvalue weighted by atomic mass is 16.3. The van der Waals surface area contributed by atoms with Gasteiger partial charge in [0.15, 0.2) is 11.6 Å². The van der Waals surface area contributed by atoms with E-state index < -0.39 is 0 Å². The van der Waals surface area contributed by atoms with Gasteiger partial charge < -0.3 is 5.11 Å². The van der Waals surface area contributed by atoms with E-state index in [1.54, 1.807) is 31.2 Å². The van der Waals surface area contributed by atoms with Crippen molar-refractivity contribution < 1.29 is 14.7 Å². The number of aliphatic hydroxyl groups is 1. The number of carbonyl (C=O) groups excluding carboxylic acids is 2. The van der Waals surface area contributed by atoms with Crippen molar-refractivity contribution in [2.24, 2.45) is 5.92 Å². The van der Waals surface area contributed by atoms with Gasteiger partial charge in [-0.25, -0.2) is 0 Å². The lowest BCUT2D eigenvalue weighted by molar-refractivity contribution is 0.0970. The fraction of sp³-hybridized carbons (Fsp3) is 0.375. The standard InChI is InChI=1S/C16H18O3/c1-10(9-17)7-8-12-11(2)15(18)13-5-3-4-6-14(13)16(12)19/h3-6,10,17H,7-9H2,1-2H3. The highest BCUT2D eigenvalue weighted by molar-refractivity contribution is 6.26. The summed E-state index contributed by atoms with van der Waals surface area (Å²) in [6.45, 7) is 3.75. The minimum Gasteiger partial charge on any atom is -0.396 e. The summed E-state index contributed by atoms with van der Waals surface area (Å²) in [5, 5.41) is 9.04. The molecular weight excluding hydrogens is 240 g/mol. The molecule has 1 atom stereocenters. The number of hydrogen-bond acceptors (Lipinski definition) is 3. The third kappa shape index (κ3) is 2.51. The number of allylic oxidation sites excluding steroid dienone is 2. The molecular formula is C16H18O3. The predicted octanol–water partition coefficient (Wildman–Crippen LogP) is 2.79. The lowest BCUT2D eigenvalue weighted by Gasteiger charge is -2.19. The van der Waals surface area contributed by atoms with Crippen molar-refractivity contribution in [3.8, 4) is 0 Å². The zero-order chi connectivity index (χ0) is 14.0. The number of ketones is 2. The SMILES string of the molecule is CC1=C(CCC(C)CO)C(=O)c2ccccc2C1=O. The lowest BCUT2D eigenvalue weighted by atomic mass is 9.82.